The molecule has 3 unspecified atom stereocenters. The Labute approximate surface area is 124 Å². The van der Waals surface area contributed by atoms with E-state index >= 15 is 0 Å². The zero-order valence-corrected chi connectivity index (χ0v) is 12.6. The maximum absolute atomic E-state index is 13.8. The van der Waals surface area contributed by atoms with Crippen LogP contribution >= 0.6 is 0 Å². The third-order valence-electron chi connectivity index (χ3n) is 4.07. The van der Waals surface area contributed by atoms with Crippen LogP contribution in [0.2, 0.25) is 0 Å². The lowest BCUT2D eigenvalue weighted by Gasteiger charge is -2.23. The molecule has 0 amide bonds. The first-order valence-electron chi connectivity index (χ1n) is 7.76. The summed E-state index contributed by atoms with van der Waals surface area (Å²) in [5.74, 6) is 0.455. The number of fused-ring (bicyclic) bond motifs is 1. The summed E-state index contributed by atoms with van der Waals surface area (Å²) in [6.07, 6.45) is 3.47. The molecular formula is C17H22FNO2. The summed E-state index contributed by atoms with van der Waals surface area (Å²) in [5.41, 5.74) is 0.335. The van der Waals surface area contributed by atoms with Crippen molar-refractivity contribution in [2.45, 2.75) is 51.4 Å². The monoisotopic (exact) mass is 291 g/mol. The van der Waals surface area contributed by atoms with Crippen LogP contribution in [-0.4, -0.2) is 18.8 Å². The second-order valence-corrected chi connectivity index (χ2v) is 5.80. The predicted octanol–water partition coefficient (Wildman–Crippen LogP) is 4.18. The molecule has 3 rings (SSSR count). The second-order valence-electron chi connectivity index (χ2n) is 5.80. The highest BCUT2D eigenvalue weighted by Gasteiger charge is 2.32. The van der Waals surface area contributed by atoms with Crippen molar-refractivity contribution < 1.29 is 13.5 Å². The van der Waals surface area contributed by atoms with Gasteiger partial charge in [0, 0.05) is 5.39 Å². The Hall–Kier alpha value is -1.39. The fourth-order valence-corrected chi connectivity index (χ4v) is 2.99. The Bertz CT molecular complexity index is 610. The van der Waals surface area contributed by atoms with E-state index in [-0.39, 0.29) is 24.1 Å². The number of nitrogens with one attached hydrogen (secondary N) is 1. The minimum Gasteiger partial charge on any atom is -0.456 e. The molecule has 1 aliphatic rings. The summed E-state index contributed by atoms with van der Waals surface area (Å²) < 4.78 is 25.6. The average molecular weight is 291 g/mol. The number of benzene rings is 1. The van der Waals surface area contributed by atoms with Crippen LogP contribution in [0.25, 0.3) is 11.0 Å². The van der Waals surface area contributed by atoms with E-state index in [1.807, 2.05) is 12.1 Å². The first kappa shape index (κ1) is 14.5. The number of hydrogen-bond acceptors (Lipinski definition) is 3. The summed E-state index contributed by atoms with van der Waals surface area (Å²) in [5, 5.41) is 4.29. The van der Waals surface area contributed by atoms with E-state index < -0.39 is 0 Å². The lowest BCUT2D eigenvalue weighted by molar-refractivity contribution is 0.0271. The van der Waals surface area contributed by atoms with Gasteiger partial charge in [0.15, 0.2) is 11.4 Å². The highest BCUT2D eigenvalue weighted by molar-refractivity contribution is 5.78. The Morgan fingerprint density at radius 3 is 2.90 bits per heavy atom. The number of furan rings is 1. The fourth-order valence-electron chi connectivity index (χ4n) is 2.99. The van der Waals surface area contributed by atoms with Gasteiger partial charge < -0.3 is 14.5 Å². The SMILES string of the molecule is CCCNC(c1cc2cccc(F)c2o1)C1CCC(C)O1. The van der Waals surface area contributed by atoms with Gasteiger partial charge in [-0.05, 0) is 44.9 Å². The van der Waals surface area contributed by atoms with E-state index in [4.69, 9.17) is 9.15 Å². The highest BCUT2D eigenvalue weighted by Crippen LogP contribution is 2.33. The van der Waals surface area contributed by atoms with Crippen LogP contribution < -0.4 is 5.32 Å². The van der Waals surface area contributed by atoms with Crippen LogP contribution in [-0.2, 0) is 4.74 Å². The molecule has 2 aromatic rings. The van der Waals surface area contributed by atoms with Crippen molar-refractivity contribution in [3.05, 3.63) is 35.8 Å². The lowest BCUT2D eigenvalue weighted by atomic mass is 10.0. The van der Waals surface area contributed by atoms with E-state index in [2.05, 4.69) is 19.2 Å². The molecule has 1 N–H and O–H groups in total. The topological polar surface area (TPSA) is 34.4 Å². The van der Waals surface area contributed by atoms with E-state index in [0.29, 0.717) is 5.58 Å². The number of hydrogen-bond donors (Lipinski definition) is 1. The van der Waals surface area contributed by atoms with Crippen LogP contribution in [0.1, 0.15) is 44.9 Å². The molecule has 1 fully saturated rings. The molecule has 0 spiro atoms. The molecule has 0 bridgehead atoms. The average Bonchev–Trinajstić information content (AvgIpc) is 3.07. The molecule has 0 aliphatic carbocycles. The Balaban J connectivity index is 1.91. The van der Waals surface area contributed by atoms with Crippen LogP contribution in [0.15, 0.2) is 28.7 Å². The predicted molar refractivity (Wildman–Crippen MR) is 80.8 cm³/mol. The second kappa shape index (κ2) is 6.16. The van der Waals surface area contributed by atoms with E-state index in [1.54, 1.807) is 6.07 Å². The van der Waals surface area contributed by atoms with Gasteiger partial charge in [-0.25, -0.2) is 4.39 Å². The van der Waals surface area contributed by atoms with Gasteiger partial charge in [-0.3, -0.25) is 0 Å². The van der Waals surface area contributed by atoms with Crippen LogP contribution in [0, 0.1) is 5.82 Å². The highest BCUT2D eigenvalue weighted by atomic mass is 19.1. The Morgan fingerprint density at radius 2 is 2.24 bits per heavy atom. The van der Waals surface area contributed by atoms with E-state index in [1.165, 1.54) is 6.07 Å². The first-order valence-corrected chi connectivity index (χ1v) is 7.76. The molecule has 114 valence electrons. The van der Waals surface area contributed by atoms with Crippen molar-refractivity contribution in [3.63, 3.8) is 0 Å². The molecule has 21 heavy (non-hydrogen) atoms. The van der Waals surface area contributed by atoms with Crippen LogP contribution in [0.4, 0.5) is 4.39 Å². The van der Waals surface area contributed by atoms with Gasteiger partial charge in [-0.1, -0.05) is 19.1 Å². The summed E-state index contributed by atoms with van der Waals surface area (Å²) in [4.78, 5) is 0. The summed E-state index contributed by atoms with van der Waals surface area (Å²) in [7, 11) is 0. The van der Waals surface area contributed by atoms with Gasteiger partial charge >= 0.3 is 0 Å². The summed E-state index contributed by atoms with van der Waals surface area (Å²) in [6, 6.07) is 6.93. The molecule has 2 heterocycles. The molecule has 1 aromatic heterocycles. The zero-order valence-electron chi connectivity index (χ0n) is 12.6. The Kier molecular flexibility index (Phi) is 4.27. The van der Waals surface area contributed by atoms with Crippen molar-refractivity contribution in [1.29, 1.82) is 0 Å². The van der Waals surface area contributed by atoms with Gasteiger partial charge in [0.25, 0.3) is 0 Å². The quantitative estimate of drug-likeness (QED) is 0.897. The third kappa shape index (κ3) is 2.97. The summed E-state index contributed by atoms with van der Waals surface area (Å²) in [6.45, 7) is 5.11. The van der Waals surface area contributed by atoms with Crippen molar-refractivity contribution in [2.24, 2.45) is 0 Å². The molecule has 0 saturated carbocycles. The minimum absolute atomic E-state index is 0.0123. The number of para-hydroxylation sites is 1. The van der Waals surface area contributed by atoms with Gasteiger partial charge in [0.1, 0.15) is 5.76 Å². The molecular weight excluding hydrogens is 269 g/mol. The molecule has 4 heteroatoms. The molecule has 3 atom stereocenters. The molecule has 0 radical (unpaired) electrons. The summed E-state index contributed by atoms with van der Waals surface area (Å²) >= 11 is 0. The van der Waals surface area contributed by atoms with Crippen molar-refractivity contribution in [1.82, 2.24) is 5.32 Å². The number of ether oxygens (including phenoxy) is 1. The van der Waals surface area contributed by atoms with Gasteiger partial charge in [0.05, 0.1) is 18.2 Å². The van der Waals surface area contributed by atoms with Crippen molar-refractivity contribution in [2.75, 3.05) is 6.54 Å². The fraction of sp³-hybridized carbons (Fsp3) is 0.529. The van der Waals surface area contributed by atoms with Crippen LogP contribution in [0.5, 0.6) is 0 Å². The van der Waals surface area contributed by atoms with Crippen LogP contribution in [0.3, 0.4) is 0 Å². The first-order chi connectivity index (χ1) is 10.2. The minimum atomic E-state index is -0.311. The van der Waals surface area contributed by atoms with Crippen molar-refractivity contribution >= 4 is 11.0 Å². The van der Waals surface area contributed by atoms with E-state index in [0.717, 1.165) is 37.0 Å². The number of rotatable bonds is 5. The van der Waals surface area contributed by atoms with Gasteiger partial charge in [-0.15, -0.1) is 0 Å². The largest absolute Gasteiger partial charge is 0.456 e. The van der Waals surface area contributed by atoms with Gasteiger partial charge in [0.2, 0.25) is 0 Å². The molecule has 1 aromatic carbocycles. The third-order valence-corrected chi connectivity index (χ3v) is 4.07. The van der Waals surface area contributed by atoms with Gasteiger partial charge in [-0.2, -0.15) is 0 Å². The standard InChI is InChI=1S/C17H22FNO2/c1-3-9-19-16(14-8-7-11(2)20-14)15-10-12-5-4-6-13(18)17(12)21-15/h4-6,10-11,14,16,19H,3,7-9H2,1-2H3. The number of halogens is 1. The maximum Gasteiger partial charge on any atom is 0.169 e. The molecule has 1 aliphatic heterocycles. The van der Waals surface area contributed by atoms with E-state index in [9.17, 15) is 4.39 Å². The smallest absolute Gasteiger partial charge is 0.169 e. The molecule has 1 saturated heterocycles. The molecule has 3 nitrogen and oxygen atoms in total. The zero-order chi connectivity index (χ0) is 14.8. The maximum atomic E-state index is 13.8. The van der Waals surface area contributed by atoms with Crippen molar-refractivity contribution in [3.8, 4) is 0 Å². The Morgan fingerprint density at radius 1 is 1.38 bits per heavy atom. The lowest BCUT2D eigenvalue weighted by Crippen LogP contribution is -2.32. The normalized spacial score (nSPS) is 23.8.